The van der Waals surface area contributed by atoms with Crippen molar-refractivity contribution in [3.8, 4) is 11.5 Å². The molecule has 0 saturated carbocycles. The molecule has 0 saturated heterocycles. The largest absolute Gasteiger partial charge is 0.496 e. The lowest BCUT2D eigenvalue weighted by molar-refractivity contribution is 0.302. The minimum Gasteiger partial charge on any atom is -0.496 e. The molecule has 0 fully saturated rings. The molecular formula is C23H24Br2ClNO2. The molecule has 0 aromatic heterocycles. The predicted octanol–water partition coefficient (Wildman–Crippen LogP) is 6.55. The molecule has 3 aromatic rings. The van der Waals surface area contributed by atoms with Crippen LogP contribution >= 0.6 is 44.3 Å². The highest BCUT2D eigenvalue weighted by Gasteiger charge is 2.10. The molecule has 0 unspecified atom stereocenters. The maximum atomic E-state index is 5.99. The highest BCUT2D eigenvalue weighted by Crippen LogP contribution is 2.35. The number of ether oxygens (including phenoxy) is 2. The lowest BCUT2D eigenvalue weighted by Gasteiger charge is -2.13. The van der Waals surface area contributed by atoms with Crippen LogP contribution in [0.3, 0.4) is 0 Å². The van der Waals surface area contributed by atoms with Crippen molar-refractivity contribution in [2.45, 2.75) is 19.6 Å². The number of rotatable bonds is 9. The summed E-state index contributed by atoms with van der Waals surface area (Å²) in [7, 11) is 1.71. The Balaban J connectivity index is 0.00000300. The Morgan fingerprint density at radius 2 is 1.52 bits per heavy atom. The van der Waals surface area contributed by atoms with E-state index in [0.717, 1.165) is 45.5 Å². The van der Waals surface area contributed by atoms with Crippen LogP contribution in [-0.2, 0) is 19.6 Å². The Morgan fingerprint density at radius 3 is 2.21 bits per heavy atom. The van der Waals surface area contributed by atoms with Gasteiger partial charge in [-0.15, -0.1) is 12.4 Å². The van der Waals surface area contributed by atoms with Crippen molar-refractivity contribution in [2.75, 3.05) is 13.7 Å². The van der Waals surface area contributed by atoms with Crippen molar-refractivity contribution < 1.29 is 9.47 Å². The standard InChI is InChI=1S/C23H23Br2NO2.ClH/c1-27-22-10-6-5-9-19(22)11-12-26-15-18-13-20(24)23(21(25)14-18)28-16-17-7-3-2-4-8-17;/h2-10,13-14,26H,11-12,15-16H2,1H3;1H. The fourth-order valence-electron chi connectivity index (χ4n) is 2.95. The van der Waals surface area contributed by atoms with Gasteiger partial charge in [-0.2, -0.15) is 0 Å². The third-order valence-corrected chi connectivity index (χ3v) is 5.55. The Labute approximate surface area is 195 Å². The normalized spacial score (nSPS) is 10.3. The number of benzene rings is 3. The zero-order valence-electron chi connectivity index (χ0n) is 16.2. The number of hydrogen-bond donors (Lipinski definition) is 1. The Morgan fingerprint density at radius 1 is 0.862 bits per heavy atom. The van der Waals surface area contributed by atoms with Gasteiger partial charge in [0.15, 0.2) is 0 Å². The molecule has 154 valence electrons. The smallest absolute Gasteiger partial charge is 0.148 e. The fraction of sp³-hybridized carbons (Fsp3) is 0.217. The summed E-state index contributed by atoms with van der Waals surface area (Å²) in [6.07, 6.45) is 0.921. The van der Waals surface area contributed by atoms with E-state index in [-0.39, 0.29) is 12.4 Å². The van der Waals surface area contributed by atoms with Crippen LogP contribution in [0.15, 0.2) is 75.7 Å². The molecule has 6 heteroatoms. The average Bonchev–Trinajstić information content (AvgIpc) is 2.71. The Bertz CT molecular complexity index is 883. The van der Waals surface area contributed by atoms with E-state index in [9.17, 15) is 0 Å². The van der Waals surface area contributed by atoms with E-state index in [1.54, 1.807) is 7.11 Å². The minimum atomic E-state index is 0. The van der Waals surface area contributed by atoms with Crippen LogP contribution < -0.4 is 14.8 Å². The number of methoxy groups -OCH3 is 1. The molecule has 0 aliphatic rings. The van der Waals surface area contributed by atoms with Gasteiger partial charge in [0, 0.05) is 6.54 Å². The van der Waals surface area contributed by atoms with E-state index in [1.807, 2.05) is 36.4 Å². The van der Waals surface area contributed by atoms with E-state index in [2.05, 4.69) is 67.5 Å². The molecule has 0 radical (unpaired) electrons. The molecule has 0 aliphatic carbocycles. The highest BCUT2D eigenvalue weighted by atomic mass is 79.9. The van der Waals surface area contributed by atoms with E-state index < -0.39 is 0 Å². The second kappa shape index (κ2) is 12.2. The number of para-hydroxylation sites is 1. The summed E-state index contributed by atoms with van der Waals surface area (Å²) in [5.74, 6) is 1.76. The van der Waals surface area contributed by atoms with Crippen LogP contribution in [0.4, 0.5) is 0 Å². The van der Waals surface area contributed by atoms with Crippen LogP contribution in [0, 0.1) is 0 Å². The zero-order valence-corrected chi connectivity index (χ0v) is 20.1. The summed E-state index contributed by atoms with van der Waals surface area (Å²) in [5, 5.41) is 3.50. The monoisotopic (exact) mass is 539 g/mol. The van der Waals surface area contributed by atoms with Gasteiger partial charge < -0.3 is 14.8 Å². The molecule has 0 heterocycles. The summed E-state index contributed by atoms with van der Waals surface area (Å²) in [5.41, 5.74) is 3.54. The first-order valence-corrected chi connectivity index (χ1v) is 10.7. The van der Waals surface area contributed by atoms with Crippen molar-refractivity contribution in [1.29, 1.82) is 0 Å². The molecule has 3 rings (SSSR count). The molecule has 0 spiro atoms. The van der Waals surface area contributed by atoms with Crippen molar-refractivity contribution in [3.05, 3.63) is 92.4 Å². The first-order valence-electron chi connectivity index (χ1n) is 9.14. The van der Waals surface area contributed by atoms with Crippen LogP contribution in [-0.4, -0.2) is 13.7 Å². The second-order valence-electron chi connectivity index (χ2n) is 6.40. The van der Waals surface area contributed by atoms with E-state index in [1.165, 1.54) is 11.1 Å². The number of nitrogens with one attached hydrogen (secondary N) is 1. The van der Waals surface area contributed by atoms with Crippen molar-refractivity contribution in [2.24, 2.45) is 0 Å². The summed E-state index contributed by atoms with van der Waals surface area (Å²) in [4.78, 5) is 0. The lowest BCUT2D eigenvalue weighted by Crippen LogP contribution is -2.17. The number of halogens is 3. The third-order valence-electron chi connectivity index (χ3n) is 4.38. The molecule has 0 amide bonds. The first kappa shape index (κ1) is 23.7. The second-order valence-corrected chi connectivity index (χ2v) is 8.11. The number of hydrogen-bond acceptors (Lipinski definition) is 3. The van der Waals surface area contributed by atoms with Crippen LogP contribution in [0.5, 0.6) is 11.5 Å². The van der Waals surface area contributed by atoms with Gasteiger partial charge in [-0.3, -0.25) is 0 Å². The molecule has 0 atom stereocenters. The summed E-state index contributed by atoms with van der Waals surface area (Å²) >= 11 is 7.27. The van der Waals surface area contributed by atoms with Gasteiger partial charge in [-0.25, -0.2) is 0 Å². The van der Waals surface area contributed by atoms with Crippen molar-refractivity contribution >= 4 is 44.3 Å². The Hall–Kier alpha value is -1.53. The molecular weight excluding hydrogens is 518 g/mol. The van der Waals surface area contributed by atoms with Gasteiger partial charge in [0.25, 0.3) is 0 Å². The topological polar surface area (TPSA) is 30.5 Å². The zero-order chi connectivity index (χ0) is 19.8. The van der Waals surface area contributed by atoms with Crippen LogP contribution in [0.1, 0.15) is 16.7 Å². The lowest BCUT2D eigenvalue weighted by atomic mass is 10.1. The summed E-state index contributed by atoms with van der Waals surface area (Å²) in [6, 6.07) is 22.5. The Kier molecular flexibility index (Phi) is 10.0. The van der Waals surface area contributed by atoms with Crippen molar-refractivity contribution in [3.63, 3.8) is 0 Å². The summed E-state index contributed by atoms with van der Waals surface area (Å²) in [6.45, 7) is 2.20. The molecule has 3 nitrogen and oxygen atoms in total. The van der Waals surface area contributed by atoms with Gasteiger partial charge in [-0.05, 0) is 79.7 Å². The molecule has 0 aliphatic heterocycles. The fourth-order valence-corrected chi connectivity index (χ4v) is 4.46. The maximum absolute atomic E-state index is 5.99. The molecule has 3 aromatic carbocycles. The maximum Gasteiger partial charge on any atom is 0.148 e. The first-order chi connectivity index (χ1) is 13.7. The third kappa shape index (κ3) is 7.03. The van der Waals surface area contributed by atoms with Gasteiger partial charge in [-0.1, -0.05) is 48.5 Å². The summed E-state index contributed by atoms with van der Waals surface area (Å²) < 4.78 is 13.3. The van der Waals surface area contributed by atoms with Gasteiger partial charge in [0.2, 0.25) is 0 Å². The van der Waals surface area contributed by atoms with E-state index in [4.69, 9.17) is 9.47 Å². The van der Waals surface area contributed by atoms with Gasteiger partial charge in [0.1, 0.15) is 18.1 Å². The highest BCUT2D eigenvalue weighted by molar-refractivity contribution is 9.11. The van der Waals surface area contributed by atoms with E-state index >= 15 is 0 Å². The van der Waals surface area contributed by atoms with Crippen LogP contribution in [0.2, 0.25) is 0 Å². The van der Waals surface area contributed by atoms with E-state index in [0.29, 0.717) is 6.61 Å². The molecule has 1 N–H and O–H groups in total. The van der Waals surface area contributed by atoms with Crippen LogP contribution in [0.25, 0.3) is 0 Å². The minimum absolute atomic E-state index is 0. The SMILES string of the molecule is COc1ccccc1CCNCc1cc(Br)c(OCc2ccccc2)c(Br)c1.Cl. The molecule has 29 heavy (non-hydrogen) atoms. The predicted molar refractivity (Wildman–Crippen MR) is 128 cm³/mol. The molecule has 0 bridgehead atoms. The van der Waals surface area contributed by atoms with Gasteiger partial charge >= 0.3 is 0 Å². The van der Waals surface area contributed by atoms with Crippen molar-refractivity contribution in [1.82, 2.24) is 5.32 Å². The van der Waals surface area contributed by atoms with Gasteiger partial charge in [0.05, 0.1) is 16.1 Å². The quantitative estimate of drug-likeness (QED) is 0.312. The average molecular weight is 542 g/mol.